The van der Waals surface area contributed by atoms with Crippen LogP contribution in [0.1, 0.15) is 17.3 Å². The van der Waals surface area contributed by atoms with Gasteiger partial charge < -0.3 is 5.32 Å². The molecule has 1 rings (SSSR count). The van der Waals surface area contributed by atoms with Crippen LogP contribution in [0.3, 0.4) is 0 Å². The molecular formula is C10H8F2N2O. The third kappa shape index (κ3) is 2.50. The zero-order valence-corrected chi connectivity index (χ0v) is 7.92. The van der Waals surface area contributed by atoms with E-state index in [4.69, 9.17) is 5.26 Å². The molecule has 3 nitrogen and oxygen atoms in total. The molecule has 15 heavy (non-hydrogen) atoms. The van der Waals surface area contributed by atoms with E-state index in [0.717, 1.165) is 18.2 Å². The summed E-state index contributed by atoms with van der Waals surface area (Å²) in [4.78, 5) is 11.3. The average molecular weight is 210 g/mol. The third-order valence-corrected chi connectivity index (χ3v) is 1.73. The molecule has 0 fully saturated rings. The lowest BCUT2D eigenvalue weighted by atomic mass is 10.1. The fourth-order valence-corrected chi connectivity index (χ4v) is 1.02. The largest absolute Gasteiger partial charge is 0.336 e. The molecule has 0 radical (unpaired) electrons. The zero-order chi connectivity index (χ0) is 11.4. The second-order valence-corrected chi connectivity index (χ2v) is 2.92. The number of nitriles is 1. The molecule has 0 aromatic heterocycles. The van der Waals surface area contributed by atoms with Gasteiger partial charge in [0.2, 0.25) is 0 Å². The Bertz CT molecular complexity index is 406. The number of rotatable bonds is 2. The Kier molecular flexibility index (Phi) is 3.34. The quantitative estimate of drug-likeness (QED) is 0.806. The monoisotopic (exact) mass is 210 g/mol. The summed E-state index contributed by atoms with van der Waals surface area (Å²) in [5.41, 5.74) is -0.667. The Morgan fingerprint density at radius 3 is 2.47 bits per heavy atom. The maximum absolute atomic E-state index is 13.1. The molecule has 0 saturated heterocycles. The SMILES string of the molecule is CC(C#N)NC(=O)c1c(F)cccc1F. The van der Waals surface area contributed by atoms with E-state index < -0.39 is 29.1 Å². The van der Waals surface area contributed by atoms with E-state index in [2.05, 4.69) is 5.32 Å². The van der Waals surface area contributed by atoms with Crippen LogP contribution >= 0.6 is 0 Å². The fraction of sp³-hybridized carbons (Fsp3) is 0.200. The average Bonchev–Trinajstić information content (AvgIpc) is 2.17. The Morgan fingerprint density at radius 2 is 2.00 bits per heavy atom. The van der Waals surface area contributed by atoms with Crippen molar-refractivity contribution in [3.63, 3.8) is 0 Å². The molecule has 0 heterocycles. The Hall–Kier alpha value is -1.96. The molecule has 0 bridgehead atoms. The molecule has 1 amide bonds. The van der Waals surface area contributed by atoms with E-state index in [0.29, 0.717) is 0 Å². The highest BCUT2D eigenvalue weighted by Crippen LogP contribution is 2.11. The van der Waals surface area contributed by atoms with Crippen molar-refractivity contribution in [3.8, 4) is 6.07 Å². The molecule has 1 atom stereocenters. The molecule has 5 heteroatoms. The van der Waals surface area contributed by atoms with E-state index in [-0.39, 0.29) is 0 Å². The summed E-state index contributed by atoms with van der Waals surface area (Å²) < 4.78 is 26.1. The molecule has 1 aromatic carbocycles. The van der Waals surface area contributed by atoms with Crippen molar-refractivity contribution in [2.75, 3.05) is 0 Å². The summed E-state index contributed by atoms with van der Waals surface area (Å²) in [5, 5.41) is 10.6. The van der Waals surface area contributed by atoms with Crippen molar-refractivity contribution in [2.24, 2.45) is 0 Å². The lowest BCUT2D eigenvalue weighted by Gasteiger charge is -2.07. The fourth-order valence-electron chi connectivity index (χ4n) is 1.02. The summed E-state index contributed by atoms with van der Waals surface area (Å²) in [6, 6.07) is 4.06. The van der Waals surface area contributed by atoms with Crippen LogP contribution in [0.15, 0.2) is 18.2 Å². The van der Waals surface area contributed by atoms with Gasteiger partial charge in [-0.1, -0.05) is 6.07 Å². The number of nitrogens with one attached hydrogen (secondary N) is 1. The summed E-state index contributed by atoms with van der Waals surface area (Å²) in [6.45, 7) is 1.41. The van der Waals surface area contributed by atoms with E-state index in [1.165, 1.54) is 6.92 Å². The molecule has 1 unspecified atom stereocenters. The van der Waals surface area contributed by atoms with Crippen LogP contribution in [0, 0.1) is 23.0 Å². The zero-order valence-electron chi connectivity index (χ0n) is 7.92. The van der Waals surface area contributed by atoms with Crippen LogP contribution in [0.25, 0.3) is 0 Å². The van der Waals surface area contributed by atoms with Gasteiger partial charge in [-0.15, -0.1) is 0 Å². The van der Waals surface area contributed by atoms with Crippen molar-refractivity contribution in [3.05, 3.63) is 35.4 Å². The topological polar surface area (TPSA) is 52.9 Å². The summed E-state index contributed by atoms with van der Waals surface area (Å²) in [5.74, 6) is -2.82. The van der Waals surface area contributed by atoms with Crippen LogP contribution in [-0.2, 0) is 0 Å². The summed E-state index contributed by atoms with van der Waals surface area (Å²) >= 11 is 0. The molecular weight excluding hydrogens is 202 g/mol. The lowest BCUT2D eigenvalue weighted by molar-refractivity contribution is 0.0939. The van der Waals surface area contributed by atoms with Gasteiger partial charge in [-0.25, -0.2) is 8.78 Å². The van der Waals surface area contributed by atoms with Crippen molar-refractivity contribution in [2.45, 2.75) is 13.0 Å². The highest BCUT2D eigenvalue weighted by Gasteiger charge is 2.17. The first-order valence-corrected chi connectivity index (χ1v) is 4.20. The predicted octanol–water partition coefficient (Wildman–Crippen LogP) is 1.61. The van der Waals surface area contributed by atoms with Crippen LogP contribution < -0.4 is 5.32 Å². The number of benzene rings is 1. The predicted molar refractivity (Wildman–Crippen MR) is 48.9 cm³/mol. The Morgan fingerprint density at radius 1 is 1.47 bits per heavy atom. The van der Waals surface area contributed by atoms with E-state index in [1.54, 1.807) is 6.07 Å². The first-order chi connectivity index (χ1) is 7.06. The van der Waals surface area contributed by atoms with E-state index in [1.807, 2.05) is 0 Å². The minimum absolute atomic E-state index is 0.667. The van der Waals surface area contributed by atoms with Gasteiger partial charge in [0.05, 0.1) is 6.07 Å². The van der Waals surface area contributed by atoms with Gasteiger partial charge in [0.15, 0.2) is 0 Å². The number of hydrogen-bond donors (Lipinski definition) is 1. The minimum Gasteiger partial charge on any atom is -0.336 e. The molecule has 0 saturated carbocycles. The van der Waals surface area contributed by atoms with Crippen molar-refractivity contribution in [1.29, 1.82) is 5.26 Å². The second-order valence-electron chi connectivity index (χ2n) is 2.92. The molecule has 0 aliphatic carbocycles. The van der Waals surface area contributed by atoms with Gasteiger partial charge in [0, 0.05) is 0 Å². The van der Waals surface area contributed by atoms with Gasteiger partial charge in [-0.2, -0.15) is 5.26 Å². The first-order valence-electron chi connectivity index (χ1n) is 4.20. The third-order valence-electron chi connectivity index (χ3n) is 1.73. The Balaban J connectivity index is 2.97. The number of carbonyl (C=O) groups excluding carboxylic acids is 1. The highest BCUT2D eigenvalue weighted by atomic mass is 19.1. The van der Waals surface area contributed by atoms with Gasteiger partial charge in [-0.05, 0) is 19.1 Å². The van der Waals surface area contributed by atoms with E-state index in [9.17, 15) is 13.6 Å². The standard InChI is InChI=1S/C10H8F2N2O/c1-6(5-13)14-10(15)9-7(11)3-2-4-8(9)12/h2-4,6H,1H3,(H,14,15). The van der Waals surface area contributed by atoms with Crippen LogP contribution in [0.2, 0.25) is 0 Å². The van der Waals surface area contributed by atoms with Crippen molar-refractivity contribution >= 4 is 5.91 Å². The van der Waals surface area contributed by atoms with Crippen LogP contribution in [-0.4, -0.2) is 11.9 Å². The molecule has 0 aliphatic heterocycles. The molecule has 1 aromatic rings. The first kappa shape index (κ1) is 11.1. The number of halogens is 2. The molecule has 0 spiro atoms. The van der Waals surface area contributed by atoms with Crippen LogP contribution in [0.5, 0.6) is 0 Å². The number of nitrogens with zero attached hydrogens (tertiary/aromatic N) is 1. The van der Waals surface area contributed by atoms with Gasteiger partial charge in [0.25, 0.3) is 5.91 Å². The lowest BCUT2D eigenvalue weighted by Crippen LogP contribution is -2.32. The van der Waals surface area contributed by atoms with Gasteiger partial charge >= 0.3 is 0 Å². The normalized spacial score (nSPS) is 11.6. The highest BCUT2D eigenvalue weighted by molar-refractivity contribution is 5.95. The van der Waals surface area contributed by atoms with Gasteiger partial charge in [-0.3, -0.25) is 4.79 Å². The molecule has 0 aliphatic rings. The smallest absolute Gasteiger partial charge is 0.258 e. The summed E-state index contributed by atoms with van der Waals surface area (Å²) in [7, 11) is 0. The number of amides is 1. The van der Waals surface area contributed by atoms with Crippen molar-refractivity contribution in [1.82, 2.24) is 5.32 Å². The molecule has 1 N–H and O–H groups in total. The Labute approximate surface area is 85.3 Å². The maximum atomic E-state index is 13.1. The minimum atomic E-state index is -0.947. The van der Waals surface area contributed by atoms with Crippen LogP contribution in [0.4, 0.5) is 8.78 Å². The molecule has 78 valence electrons. The number of hydrogen-bond acceptors (Lipinski definition) is 2. The summed E-state index contributed by atoms with van der Waals surface area (Å²) in [6.07, 6.45) is 0. The number of carbonyl (C=O) groups is 1. The van der Waals surface area contributed by atoms with Gasteiger partial charge in [0.1, 0.15) is 23.2 Å². The maximum Gasteiger partial charge on any atom is 0.258 e. The van der Waals surface area contributed by atoms with Crippen molar-refractivity contribution < 1.29 is 13.6 Å². The second kappa shape index (κ2) is 4.51. The van der Waals surface area contributed by atoms with E-state index >= 15 is 0 Å².